The van der Waals surface area contributed by atoms with E-state index in [1.807, 2.05) is 0 Å². The van der Waals surface area contributed by atoms with Crippen LogP contribution in [0.4, 0.5) is 28.8 Å². The number of halogens is 1. The summed E-state index contributed by atoms with van der Waals surface area (Å²) in [6.45, 7) is 0. The lowest BCUT2D eigenvalue weighted by atomic mass is 10.2. The van der Waals surface area contributed by atoms with Crippen LogP contribution in [-0.4, -0.2) is 49.4 Å². The van der Waals surface area contributed by atoms with Crippen molar-refractivity contribution in [3.05, 3.63) is 77.7 Å². The molecule has 192 valence electrons. The summed E-state index contributed by atoms with van der Waals surface area (Å²) >= 11 is 6.30. The van der Waals surface area contributed by atoms with E-state index in [0.29, 0.717) is 34.2 Å². The maximum atomic E-state index is 12.1. The Morgan fingerprint density at radius 3 is 2.46 bits per heavy atom. The Bertz CT molecular complexity index is 1560. The van der Waals surface area contributed by atoms with Crippen LogP contribution < -0.4 is 20.1 Å². The maximum absolute atomic E-state index is 12.1. The third-order valence-corrected chi connectivity index (χ3v) is 5.94. The summed E-state index contributed by atoms with van der Waals surface area (Å²) in [6.07, 6.45) is 4.22. The first-order chi connectivity index (χ1) is 17.7. The van der Waals surface area contributed by atoms with Gasteiger partial charge in [0.25, 0.3) is 0 Å². The number of ether oxygens (including phenoxy) is 2. The van der Waals surface area contributed by atoms with Crippen LogP contribution in [0, 0.1) is 0 Å². The third kappa shape index (κ3) is 6.11. The highest BCUT2D eigenvalue weighted by atomic mass is 35.5. The number of methoxy groups -OCH3 is 2. The van der Waals surface area contributed by atoms with Crippen LogP contribution >= 0.6 is 11.6 Å². The molecule has 3 N–H and O–H groups in total. The molecule has 0 saturated carbocycles. The van der Waals surface area contributed by atoms with Gasteiger partial charge in [0, 0.05) is 18.0 Å². The lowest BCUT2D eigenvalue weighted by Gasteiger charge is -2.15. The minimum Gasteiger partial charge on any atom is -0.494 e. The number of hydrogen-bond donors (Lipinski definition) is 3. The highest BCUT2D eigenvalue weighted by molar-refractivity contribution is 7.92. The number of carbonyl (C=O) groups is 1. The smallest absolute Gasteiger partial charge is 0.355 e. The number of nitrogens with one attached hydrogen (secondary N) is 3. The average molecular weight is 543 g/mol. The predicted molar refractivity (Wildman–Crippen MR) is 142 cm³/mol. The van der Waals surface area contributed by atoms with Gasteiger partial charge in [-0.15, -0.1) is 0 Å². The van der Waals surface area contributed by atoms with Gasteiger partial charge in [0.1, 0.15) is 16.5 Å². The van der Waals surface area contributed by atoms with Crippen molar-refractivity contribution in [3.63, 3.8) is 0 Å². The van der Waals surface area contributed by atoms with Crippen molar-refractivity contribution in [1.82, 2.24) is 14.5 Å². The molecule has 2 aromatic heterocycles. The van der Waals surface area contributed by atoms with E-state index in [-0.39, 0.29) is 16.8 Å². The number of hydrogen-bond acceptors (Lipinski definition) is 9. The molecule has 0 radical (unpaired) electrons. The fourth-order valence-corrected chi connectivity index (χ4v) is 4.17. The number of benzene rings is 2. The zero-order valence-electron chi connectivity index (χ0n) is 20.0. The monoisotopic (exact) mass is 542 g/mol. The zero-order chi connectivity index (χ0) is 26.6. The SMILES string of the molecule is COC(=O)c1cccn1-c1ccc(Nc2ncc(Cl)c(Nc3ccccc3NS(C)(=O)=O)n2)c(OC)c1. The summed E-state index contributed by atoms with van der Waals surface area (Å²) in [5, 5.41) is 6.36. The summed E-state index contributed by atoms with van der Waals surface area (Å²) in [5.41, 5.74) is 2.40. The number of para-hydroxylation sites is 2. The minimum atomic E-state index is -3.50. The van der Waals surface area contributed by atoms with Crippen LogP contribution in [0.15, 0.2) is 67.0 Å². The van der Waals surface area contributed by atoms with Gasteiger partial charge in [0.2, 0.25) is 16.0 Å². The molecule has 4 aromatic rings. The van der Waals surface area contributed by atoms with Gasteiger partial charge in [-0.2, -0.15) is 4.98 Å². The molecule has 0 aliphatic rings. The molecule has 0 amide bonds. The second kappa shape index (κ2) is 10.8. The zero-order valence-corrected chi connectivity index (χ0v) is 21.6. The maximum Gasteiger partial charge on any atom is 0.355 e. The van der Waals surface area contributed by atoms with Crippen molar-refractivity contribution < 1.29 is 22.7 Å². The highest BCUT2D eigenvalue weighted by Crippen LogP contribution is 2.32. The molecule has 4 rings (SSSR count). The van der Waals surface area contributed by atoms with E-state index in [2.05, 4.69) is 25.3 Å². The number of rotatable bonds is 9. The first-order valence-corrected chi connectivity index (χ1v) is 13.0. The Kier molecular flexibility index (Phi) is 7.50. The van der Waals surface area contributed by atoms with Crippen molar-refractivity contribution in [1.29, 1.82) is 0 Å². The van der Waals surface area contributed by atoms with Crippen LogP contribution in [0.2, 0.25) is 5.02 Å². The topological polar surface area (TPSA) is 136 Å². The van der Waals surface area contributed by atoms with Gasteiger partial charge < -0.3 is 24.7 Å². The molecule has 2 heterocycles. The summed E-state index contributed by atoms with van der Waals surface area (Å²) in [6, 6.07) is 15.4. The van der Waals surface area contributed by atoms with Crippen molar-refractivity contribution in [2.45, 2.75) is 0 Å². The molecule has 2 aromatic carbocycles. The summed E-state index contributed by atoms with van der Waals surface area (Å²) in [7, 11) is -0.658. The first-order valence-electron chi connectivity index (χ1n) is 10.8. The second-order valence-corrected chi connectivity index (χ2v) is 9.86. The molecule has 0 atom stereocenters. The lowest BCUT2D eigenvalue weighted by Crippen LogP contribution is -2.11. The van der Waals surface area contributed by atoms with Gasteiger partial charge in [-0.05, 0) is 36.4 Å². The standard InChI is InChI=1S/C24H23ClN6O5S/c1-35-21-13-15(31-12-6-9-20(31)23(32)36-2)10-11-19(21)28-24-26-14-16(25)22(29-24)27-17-7-4-5-8-18(17)30-37(3,33)34/h4-14,30H,1-3H3,(H2,26,27,28,29). The third-order valence-electron chi connectivity index (χ3n) is 5.07. The second-order valence-electron chi connectivity index (χ2n) is 7.70. The summed E-state index contributed by atoms with van der Waals surface area (Å²) < 4.78 is 38.0. The predicted octanol–water partition coefficient (Wildman–Crippen LogP) is 4.57. The molecule has 13 heteroatoms. The van der Waals surface area contributed by atoms with Crippen molar-refractivity contribution in [3.8, 4) is 11.4 Å². The Morgan fingerprint density at radius 2 is 1.76 bits per heavy atom. The molecule has 37 heavy (non-hydrogen) atoms. The molecule has 0 unspecified atom stereocenters. The van der Waals surface area contributed by atoms with Gasteiger partial charge >= 0.3 is 5.97 Å². The molecule has 0 aliphatic heterocycles. The molecule has 0 spiro atoms. The molecule has 0 aliphatic carbocycles. The summed E-state index contributed by atoms with van der Waals surface area (Å²) in [4.78, 5) is 20.7. The summed E-state index contributed by atoms with van der Waals surface area (Å²) in [5.74, 6) is 0.474. The fourth-order valence-electron chi connectivity index (χ4n) is 3.45. The van der Waals surface area contributed by atoms with Gasteiger partial charge in [-0.1, -0.05) is 23.7 Å². The Morgan fingerprint density at radius 1 is 1.00 bits per heavy atom. The van der Waals surface area contributed by atoms with Crippen LogP contribution in [0.1, 0.15) is 10.5 Å². The first kappa shape index (κ1) is 25.8. The van der Waals surface area contributed by atoms with Gasteiger partial charge in [-0.3, -0.25) is 4.72 Å². The molecular weight excluding hydrogens is 520 g/mol. The fraction of sp³-hybridized carbons (Fsp3) is 0.125. The Hall–Kier alpha value is -4.29. The number of esters is 1. The van der Waals surface area contributed by atoms with Gasteiger partial charge in [0.05, 0.1) is 43.7 Å². The Labute approximate surface area is 218 Å². The Balaban J connectivity index is 1.61. The molecule has 0 fully saturated rings. The molecule has 0 bridgehead atoms. The molecule has 11 nitrogen and oxygen atoms in total. The van der Waals surface area contributed by atoms with E-state index < -0.39 is 16.0 Å². The number of nitrogens with zero attached hydrogens (tertiary/aromatic N) is 3. The van der Waals surface area contributed by atoms with Crippen LogP contribution in [-0.2, 0) is 14.8 Å². The molecule has 0 saturated heterocycles. The average Bonchev–Trinajstić information content (AvgIpc) is 3.36. The number of sulfonamides is 1. The molecular formula is C24H23ClN6O5S. The van der Waals surface area contributed by atoms with E-state index >= 15 is 0 Å². The van der Waals surface area contributed by atoms with Gasteiger partial charge in [-0.25, -0.2) is 18.2 Å². The lowest BCUT2D eigenvalue weighted by molar-refractivity contribution is 0.0591. The van der Waals surface area contributed by atoms with E-state index in [9.17, 15) is 13.2 Å². The van der Waals surface area contributed by atoms with Crippen LogP contribution in [0.3, 0.4) is 0 Å². The van der Waals surface area contributed by atoms with Crippen LogP contribution in [0.25, 0.3) is 5.69 Å². The number of anilines is 5. The van der Waals surface area contributed by atoms with Crippen molar-refractivity contribution in [2.24, 2.45) is 0 Å². The van der Waals surface area contributed by atoms with Gasteiger partial charge in [0.15, 0.2) is 5.82 Å². The van der Waals surface area contributed by atoms with E-state index in [4.69, 9.17) is 21.1 Å². The normalized spacial score (nSPS) is 11.0. The van der Waals surface area contributed by atoms with Crippen molar-refractivity contribution in [2.75, 3.05) is 35.8 Å². The number of aromatic nitrogens is 3. The van der Waals surface area contributed by atoms with Crippen molar-refractivity contribution >= 4 is 56.4 Å². The highest BCUT2D eigenvalue weighted by Gasteiger charge is 2.15. The number of carbonyl (C=O) groups excluding carboxylic acids is 1. The largest absolute Gasteiger partial charge is 0.494 e. The van der Waals surface area contributed by atoms with E-state index in [1.54, 1.807) is 65.4 Å². The van der Waals surface area contributed by atoms with E-state index in [0.717, 1.165) is 6.26 Å². The van der Waals surface area contributed by atoms with E-state index in [1.165, 1.54) is 20.4 Å². The minimum absolute atomic E-state index is 0.211. The quantitative estimate of drug-likeness (QED) is 0.260. The van der Waals surface area contributed by atoms with Crippen LogP contribution in [0.5, 0.6) is 5.75 Å².